The van der Waals surface area contributed by atoms with Crippen LogP contribution in [0.25, 0.3) is 0 Å². The Balaban J connectivity index is 1.82. The molecule has 5 nitrogen and oxygen atoms in total. The third-order valence-corrected chi connectivity index (χ3v) is 4.86. The Bertz CT molecular complexity index is 697. The van der Waals surface area contributed by atoms with E-state index in [0.717, 1.165) is 23.0 Å². The summed E-state index contributed by atoms with van der Waals surface area (Å²) in [5.74, 6) is 0.0944. The highest BCUT2D eigenvalue weighted by atomic mass is 79.9. The summed E-state index contributed by atoms with van der Waals surface area (Å²) in [4.78, 5) is 14.8. The molecule has 1 aromatic carbocycles. The maximum absolute atomic E-state index is 12.9. The van der Waals surface area contributed by atoms with Crippen molar-refractivity contribution in [3.05, 3.63) is 51.8 Å². The first-order valence-electron chi connectivity index (χ1n) is 7.31. The fraction of sp³-hybridized carbons (Fsp3) is 0.375. The first-order valence-corrected chi connectivity index (χ1v) is 8.10. The molecule has 6 heteroatoms. The van der Waals surface area contributed by atoms with E-state index >= 15 is 0 Å². The lowest BCUT2D eigenvalue weighted by Gasteiger charge is -2.32. The van der Waals surface area contributed by atoms with Crippen LogP contribution in [0.5, 0.6) is 0 Å². The highest BCUT2D eigenvalue weighted by molar-refractivity contribution is 9.10. The third kappa shape index (κ3) is 2.80. The molecule has 0 saturated carbocycles. The molecule has 1 aromatic heterocycles. The van der Waals surface area contributed by atoms with Crippen LogP contribution in [-0.2, 0) is 24.8 Å². The number of likely N-dealkylation sites (N-methyl/N-ethyl adjacent to an activating group) is 1. The number of fused-ring (bicyclic) bond motifs is 1. The van der Waals surface area contributed by atoms with E-state index in [2.05, 4.69) is 32.4 Å². The predicted molar refractivity (Wildman–Crippen MR) is 88.3 cm³/mol. The Labute approximate surface area is 138 Å². The summed E-state index contributed by atoms with van der Waals surface area (Å²) in [5, 5.41) is 7.27. The van der Waals surface area contributed by atoms with E-state index in [1.165, 1.54) is 11.1 Å². The van der Waals surface area contributed by atoms with E-state index in [9.17, 15) is 4.79 Å². The fourth-order valence-electron chi connectivity index (χ4n) is 2.93. The summed E-state index contributed by atoms with van der Waals surface area (Å²) in [6.07, 6.45) is 4.52. The maximum Gasteiger partial charge on any atom is 0.244 e. The molecule has 0 fully saturated rings. The van der Waals surface area contributed by atoms with Crippen molar-refractivity contribution in [1.29, 1.82) is 0 Å². The predicted octanol–water partition coefficient (Wildman–Crippen LogP) is 2.03. The number of rotatable bonds is 3. The second-order valence-electron chi connectivity index (χ2n) is 5.56. The molecule has 1 amide bonds. The molecule has 0 spiro atoms. The first kappa shape index (κ1) is 15.2. The molecule has 2 aromatic rings. The van der Waals surface area contributed by atoms with Crippen LogP contribution in [0.1, 0.15) is 22.7 Å². The van der Waals surface area contributed by atoms with Gasteiger partial charge < -0.3 is 10.2 Å². The van der Waals surface area contributed by atoms with Crippen molar-refractivity contribution in [2.75, 3.05) is 13.6 Å². The standard InChI is InChI=1S/C16H19BrN4O/c1-18-15(12-8-19-20(2)9-12)16(22)21-7-6-11-4-3-5-14(17)13(11)10-21/h3-5,8-9,15,18H,6-7,10H2,1-2H3. The van der Waals surface area contributed by atoms with E-state index < -0.39 is 0 Å². The fourth-order valence-corrected chi connectivity index (χ4v) is 3.47. The number of carbonyl (C=O) groups excluding carboxylic acids is 1. The molecule has 1 N–H and O–H groups in total. The van der Waals surface area contributed by atoms with Crippen molar-refractivity contribution in [1.82, 2.24) is 20.0 Å². The van der Waals surface area contributed by atoms with Crippen molar-refractivity contribution in [3.8, 4) is 0 Å². The lowest BCUT2D eigenvalue weighted by Crippen LogP contribution is -2.42. The minimum absolute atomic E-state index is 0.0944. The van der Waals surface area contributed by atoms with Gasteiger partial charge in [0.15, 0.2) is 0 Å². The van der Waals surface area contributed by atoms with Gasteiger partial charge in [0.2, 0.25) is 5.91 Å². The summed E-state index contributed by atoms with van der Waals surface area (Å²) in [6.45, 7) is 1.40. The molecular weight excluding hydrogens is 344 g/mol. The number of halogens is 1. The van der Waals surface area contributed by atoms with Crippen LogP contribution < -0.4 is 5.32 Å². The smallest absolute Gasteiger partial charge is 0.244 e. The summed E-state index contributed by atoms with van der Waals surface area (Å²) in [7, 11) is 3.67. The first-order chi connectivity index (χ1) is 10.6. The van der Waals surface area contributed by atoms with Gasteiger partial charge in [-0.05, 0) is 30.7 Å². The Morgan fingerprint density at radius 3 is 2.95 bits per heavy atom. The summed E-state index contributed by atoms with van der Waals surface area (Å²) in [6, 6.07) is 5.87. The van der Waals surface area contributed by atoms with Gasteiger partial charge in [-0.2, -0.15) is 5.10 Å². The normalized spacial score (nSPS) is 15.5. The van der Waals surface area contributed by atoms with Crippen molar-refractivity contribution < 1.29 is 4.79 Å². The van der Waals surface area contributed by atoms with E-state index in [0.29, 0.717) is 6.54 Å². The summed E-state index contributed by atoms with van der Waals surface area (Å²) in [5.41, 5.74) is 3.43. The average Bonchev–Trinajstić information content (AvgIpc) is 2.94. The van der Waals surface area contributed by atoms with Crippen molar-refractivity contribution in [2.24, 2.45) is 7.05 Å². The van der Waals surface area contributed by atoms with Crippen molar-refractivity contribution in [3.63, 3.8) is 0 Å². The third-order valence-electron chi connectivity index (χ3n) is 4.12. The molecule has 3 rings (SSSR count). The second kappa shape index (κ2) is 6.22. The van der Waals surface area contributed by atoms with Gasteiger partial charge >= 0.3 is 0 Å². The van der Waals surface area contributed by atoms with E-state index in [4.69, 9.17) is 0 Å². The maximum atomic E-state index is 12.9. The molecule has 0 bridgehead atoms. The van der Waals surface area contributed by atoms with Crippen molar-refractivity contribution in [2.45, 2.75) is 19.0 Å². The monoisotopic (exact) mass is 362 g/mol. The molecule has 1 aliphatic heterocycles. The van der Waals surface area contributed by atoms with Crippen LogP contribution in [0.2, 0.25) is 0 Å². The second-order valence-corrected chi connectivity index (χ2v) is 6.41. The molecule has 1 unspecified atom stereocenters. The molecule has 22 heavy (non-hydrogen) atoms. The van der Waals surface area contributed by atoms with Gasteiger partial charge in [0, 0.05) is 36.4 Å². The summed E-state index contributed by atoms with van der Waals surface area (Å²) >= 11 is 3.59. The van der Waals surface area contributed by atoms with Crippen molar-refractivity contribution >= 4 is 21.8 Å². The molecule has 0 aliphatic carbocycles. The lowest BCUT2D eigenvalue weighted by molar-refractivity contribution is -0.134. The molecule has 1 aliphatic rings. The van der Waals surface area contributed by atoms with Crippen LogP contribution >= 0.6 is 15.9 Å². The molecular formula is C16H19BrN4O. The zero-order valence-corrected chi connectivity index (χ0v) is 14.3. The van der Waals surface area contributed by atoms with Crippen LogP contribution in [0.3, 0.4) is 0 Å². The van der Waals surface area contributed by atoms with Gasteiger partial charge in [-0.15, -0.1) is 0 Å². The molecule has 1 atom stereocenters. The van der Waals surface area contributed by atoms with Crippen LogP contribution in [0.4, 0.5) is 0 Å². The SMILES string of the molecule is CNC(C(=O)N1CCc2cccc(Br)c2C1)c1cnn(C)c1. The Morgan fingerprint density at radius 1 is 1.45 bits per heavy atom. The van der Waals surface area contributed by atoms with Crippen LogP contribution in [0, 0.1) is 0 Å². The van der Waals surface area contributed by atoms with E-state index in [-0.39, 0.29) is 11.9 Å². The number of hydrogen-bond donors (Lipinski definition) is 1. The number of nitrogens with zero attached hydrogens (tertiary/aromatic N) is 3. The number of nitrogens with one attached hydrogen (secondary N) is 1. The number of hydrogen-bond acceptors (Lipinski definition) is 3. The van der Waals surface area contributed by atoms with Gasteiger partial charge in [0.05, 0.1) is 6.20 Å². The molecule has 116 valence electrons. The van der Waals surface area contributed by atoms with Gasteiger partial charge in [-0.3, -0.25) is 9.48 Å². The topological polar surface area (TPSA) is 50.2 Å². The number of carbonyl (C=O) groups is 1. The number of benzene rings is 1. The zero-order valence-electron chi connectivity index (χ0n) is 12.7. The quantitative estimate of drug-likeness (QED) is 0.908. The van der Waals surface area contributed by atoms with Crippen LogP contribution in [-0.4, -0.2) is 34.2 Å². The van der Waals surface area contributed by atoms with Gasteiger partial charge in [-0.25, -0.2) is 0 Å². The highest BCUT2D eigenvalue weighted by Crippen LogP contribution is 2.28. The minimum atomic E-state index is -0.349. The Hall–Kier alpha value is -1.66. The number of aryl methyl sites for hydroxylation is 1. The van der Waals surface area contributed by atoms with Gasteiger partial charge in [0.1, 0.15) is 6.04 Å². The number of amides is 1. The zero-order chi connectivity index (χ0) is 15.7. The van der Waals surface area contributed by atoms with E-state index in [1.807, 2.05) is 37.3 Å². The average molecular weight is 363 g/mol. The van der Waals surface area contributed by atoms with E-state index in [1.54, 1.807) is 10.9 Å². The highest BCUT2D eigenvalue weighted by Gasteiger charge is 2.28. The number of aromatic nitrogens is 2. The lowest BCUT2D eigenvalue weighted by atomic mass is 9.98. The van der Waals surface area contributed by atoms with Crippen LogP contribution in [0.15, 0.2) is 35.1 Å². The molecule has 0 saturated heterocycles. The largest absolute Gasteiger partial charge is 0.336 e. The molecule has 2 heterocycles. The Kier molecular flexibility index (Phi) is 4.31. The van der Waals surface area contributed by atoms with Gasteiger partial charge in [0.25, 0.3) is 0 Å². The minimum Gasteiger partial charge on any atom is -0.336 e. The molecule has 0 radical (unpaired) electrons. The van der Waals surface area contributed by atoms with Gasteiger partial charge in [-0.1, -0.05) is 28.1 Å². The summed E-state index contributed by atoms with van der Waals surface area (Å²) < 4.78 is 2.79. The Morgan fingerprint density at radius 2 is 2.27 bits per heavy atom.